The minimum Gasteiger partial charge on any atom is -0.393 e. The maximum absolute atomic E-state index is 10.7. The number of aliphatic hydroxyl groups is 1. The van der Waals surface area contributed by atoms with Crippen LogP contribution in [0.4, 0.5) is 0 Å². The van der Waals surface area contributed by atoms with Crippen LogP contribution in [0.2, 0.25) is 0 Å². The van der Waals surface area contributed by atoms with Crippen LogP contribution in [-0.2, 0) is 4.74 Å². The lowest BCUT2D eigenvalue weighted by molar-refractivity contribution is -0.216. The van der Waals surface area contributed by atoms with Gasteiger partial charge in [0.25, 0.3) is 0 Å². The zero-order valence-electron chi connectivity index (χ0n) is 21.8. The van der Waals surface area contributed by atoms with Crippen LogP contribution in [0.5, 0.6) is 0 Å². The Bertz CT molecular complexity index is 705. The number of fused-ring (bicyclic) bond motifs is 7. The molecule has 6 aliphatic carbocycles. The second kappa shape index (κ2) is 9.66. The molecule has 2 nitrogen and oxygen atoms in total. The first-order chi connectivity index (χ1) is 16.8. The van der Waals surface area contributed by atoms with Gasteiger partial charge in [0.2, 0.25) is 0 Å². The summed E-state index contributed by atoms with van der Waals surface area (Å²) in [5, 5.41) is 10.7. The molecular formula is C32H52O2. The highest BCUT2D eigenvalue weighted by Crippen LogP contribution is 2.58. The van der Waals surface area contributed by atoms with Crippen LogP contribution in [0.3, 0.4) is 0 Å². The molecule has 0 radical (unpaired) electrons. The summed E-state index contributed by atoms with van der Waals surface area (Å²) in [4.78, 5) is 0. The smallest absolute Gasteiger partial charge is 0.0638 e. The fourth-order valence-corrected chi connectivity index (χ4v) is 11.7. The van der Waals surface area contributed by atoms with Gasteiger partial charge < -0.3 is 9.84 Å². The van der Waals surface area contributed by atoms with Crippen molar-refractivity contribution in [2.75, 3.05) is 0 Å². The van der Waals surface area contributed by atoms with E-state index >= 15 is 0 Å². The Kier molecular flexibility index (Phi) is 6.56. The van der Waals surface area contributed by atoms with Gasteiger partial charge in [-0.2, -0.15) is 0 Å². The first kappa shape index (κ1) is 23.1. The lowest BCUT2D eigenvalue weighted by Crippen LogP contribution is -2.56. The van der Waals surface area contributed by atoms with Gasteiger partial charge in [0.1, 0.15) is 0 Å². The minimum absolute atomic E-state index is 0.0123. The van der Waals surface area contributed by atoms with Crippen molar-refractivity contribution >= 4 is 0 Å². The molecule has 0 bridgehead atoms. The average molecular weight is 469 g/mol. The largest absolute Gasteiger partial charge is 0.393 e. The Morgan fingerprint density at radius 3 is 1.91 bits per heavy atom. The van der Waals surface area contributed by atoms with Crippen molar-refractivity contribution in [2.45, 2.75) is 140 Å². The molecule has 192 valence electrons. The van der Waals surface area contributed by atoms with Crippen molar-refractivity contribution in [1.29, 1.82) is 0 Å². The summed E-state index contributed by atoms with van der Waals surface area (Å²) < 4.78 is 7.34. The summed E-state index contributed by atoms with van der Waals surface area (Å²) in [6, 6.07) is 0. The quantitative estimate of drug-likeness (QED) is 0.448. The number of rotatable bonds is 2. The zero-order valence-corrected chi connectivity index (χ0v) is 21.8. The van der Waals surface area contributed by atoms with Crippen molar-refractivity contribution in [2.24, 2.45) is 59.2 Å². The van der Waals surface area contributed by atoms with E-state index in [1.165, 1.54) is 116 Å². The lowest BCUT2D eigenvalue weighted by atomic mass is 9.54. The summed E-state index contributed by atoms with van der Waals surface area (Å²) in [5.41, 5.74) is 0. The Hall–Kier alpha value is -0.0800. The van der Waals surface area contributed by atoms with Crippen LogP contribution in [0, 0.1) is 59.2 Å². The van der Waals surface area contributed by atoms with Crippen LogP contribution in [0.15, 0.2) is 0 Å². The highest BCUT2D eigenvalue weighted by Gasteiger charge is 2.54. The molecule has 7 aliphatic rings. The number of hydrogen-bond acceptors (Lipinski definition) is 2. The van der Waals surface area contributed by atoms with Crippen molar-refractivity contribution in [3.63, 3.8) is 0 Å². The van der Waals surface area contributed by atoms with Gasteiger partial charge in [0.05, 0.1) is 18.3 Å². The Labute approximate surface area is 209 Å². The van der Waals surface area contributed by atoms with Crippen LogP contribution in [-0.4, -0.2) is 23.4 Å². The SMILES string of the molecule is OC1CCC(CC2CC3CC4CCC5CCCCC5C4OC3C3CCCCC23)C2CCCCC12. The maximum atomic E-state index is 10.7. The van der Waals surface area contributed by atoms with E-state index in [0.717, 1.165) is 59.7 Å². The van der Waals surface area contributed by atoms with Gasteiger partial charge >= 0.3 is 0 Å². The fraction of sp³-hybridized carbons (Fsp3) is 1.00. The third kappa shape index (κ3) is 4.04. The van der Waals surface area contributed by atoms with Crippen LogP contribution in [0.25, 0.3) is 0 Å². The third-order valence-corrected chi connectivity index (χ3v) is 13.1. The Balaban J connectivity index is 1.09. The highest BCUT2D eigenvalue weighted by molar-refractivity contribution is 5.03. The molecule has 13 atom stereocenters. The second-order valence-corrected chi connectivity index (χ2v) is 14.5. The van der Waals surface area contributed by atoms with Crippen LogP contribution >= 0.6 is 0 Å². The fourth-order valence-electron chi connectivity index (χ4n) is 11.7. The third-order valence-electron chi connectivity index (χ3n) is 13.1. The summed E-state index contributed by atoms with van der Waals surface area (Å²) in [6.45, 7) is 0. The van der Waals surface area contributed by atoms with Crippen molar-refractivity contribution < 1.29 is 9.84 Å². The first-order valence-electron chi connectivity index (χ1n) is 16.1. The molecule has 0 aromatic heterocycles. The maximum Gasteiger partial charge on any atom is 0.0638 e. The molecule has 2 heteroatoms. The van der Waals surface area contributed by atoms with E-state index in [1.807, 2.05) is 0 Å². The van der Waals surface area contributed by atoms with Gasteiger partial charge in [-0.05, 0) is 136 Å². The molecule has 13 unspecified atom stereocenters. The normalized spacial score (nSPS) is 55.1. The monoisotopic (exact) mass is 468 g/mol. The molecule has 1 aliphatic heterocycles. The summed E-state index contributed by atoms with van der Waals surface area (Å²) in [7, 11) is 0. The van der Waals surface area contributed by atoms with Crippen LogP contribution in [0.1, 0.15) is 122 Å². The molecule has 0 amide bonds. The van der Waals surface area contributed by atoms with Gasteiger partial charge in [-0.1, -0.05) is 44.9 Å². The minimum atomic E-state index is 0.0123. The molecule has 34 heavy (non-hydrogen) atoms. The number of ether oxygens (including phenoxy) is 1. The second-order valence-electron chi connectivity index (χ2n) is 14.5. The van der Waals surface area contributed by atoms with E-state index in [1.54, 1.807) is 0 Å². The van der Waals surface area contributed by atoms with Gasteiger partial charge in [-0.15, -0.1) is 0 Å². The van der Waals surface area contributed by atoms with E-state index in [2.05, 4.69) is 0 Å². The van der Waals surface area contributed by atoms with E-state index in [4.69, 9.17) is 4.74 Å². The van der Waals surface area contributed by atoms with E-state index < -0.39 is 0 Å². The predicted octanol–water partition coefficient (Wildman–Crippen LogP) is 7.77. The standard InChI is InChI=1S/C32H52O2/c33-30-16-15-21(25-8-3-5-11-28(25)30)17-23-19-24-18-22-14-13-20-7-1-2-10-27(20)31(22)34-32(24)29-12-6-4-9-26(23)29/h20-33H,1-19H2. The summed E-state index contributed by atoms with van der Waals surface area (Å²) in [5.74, 6) is 8.82. The van der Waals surface area contributed by atoms with E-state index in [0.29, 0.717) is 18.1 Å². The topological polar surface area (TPSA) is 29.5 Å². The van der Waals surface area contributed by atoms with Gasteiger partial charge in [0, 0.05) is 0 Å². The van der Waals surface area contributed by atoms with Gasteiger partial charge in [-0.25, -0.2) is 0 Å². The highest BCUT2D eigenvalue weighted by atomic mass is 16.5. The number of aliphatic hydroxyl groups excluding tert-OH is 1. The van der Waals surface area contributed by atoms with E-state index in [9.17, 15) is 5.11 Å². The molecular weight excluding hydrogens is 416 g/mol. The molecule has 7 fully saturated rings. The van der Waals surface area contributed by atoms with Gasteiger partial charge in [0.15, 0.2) is 0 Å². The van der Waals surface area contributed by atoms with Crippen molar-refractivity contribution in [1.82, 2.24) is 0 Å². The first-order valence-corrected chi connectivity index (χ1v) is 16.1. The van der Waals surface area contributed by atoms with Crippen LogP contribution < -0.4 is 0 Å². The number of hydrogen-bond donors (Lipinski definition) is 1. The molecule has 1 N–H and O–H groups in total. The van der Waals surface area contributed by atoms with E-state index in [-0.39, 0.29) is 6.10 Å². The lowest BCUT2D eigenvalue weighted by Gasteiger charge is -2.58. The molecule has 0 aromatic rings. The van der Waals surface area contributed by atoms with Crippen molar-refractivity contribution in [3.05, 3.63) is 0 Å². The average Bonchev–Trinajstić information content (AvgIpc) is 2.89. The van der Waals surface area contributed by atoms with Crippen molar-refractivity contribution in [3.8, 4) is 0 Å². The Morgan fingerprint density at radius 1 is 0.471 bits per heavy atom. The molecule has 0 aromatic carbocycles. The molecule has 6 saturated carbocycles. The molecule has 1 heterocycles. The molecule has 1 saturated heterocycles. The zero-order chi connectivity index (χ0) is 22.6. The molecule has 7 rings (SSSR count). The summed E-state index contributed by atoms with van der Waals surface area (Å²) in [6.07, 6.45) is 28.4. The summed E-state index contributed by atoms with van der Waals surface area (Å²) >= 11 is 0. The van der Waals surface area contributed by atoms with Gasteiger partial charge in [-0.3, -0.25) is 0 Å². The Morgan fingerprint density at radius 2 is 1.09 bits per heavy atom. The predicted molar refractivity (Wildman–Crippen MR) is 137 cm³/mol. The molecule has 0 spiro atoms.